The predicted octanol–water partition coefficient (Wildman–Crippen LogP) is 4.10. The van der Waals surface area contributed by atoms with E-state index in [9.17, 15) is 14.7 Å². The molecule has 2 N–H and O–H groups in total. The van der Waals surface area contributed by atoms with Crippen molar-refractivity contribution >= 4 is 35.0 Å². The maximum absolute atomic E-state index is 12.4. The lowest BCUT2D eigenvalue weighted by atomic mass is 10.1. The van der Waals surface area contributed by atoms with Gasteiger partial charge in [0.05, 0.1) is 17.6 Å². The number of aromatic carboxylic acids is 1. The van der Waals surface area contributed by atoms with Crippen molar-refractivity contribution in [2.75, 3.05) is 23.8 Å². The molecule has 0 spiro atoms. The molecule has 0 aliphatic heterocycles. The molecule has 9 heteroatoms. The summed E-state index contributed by atoms with van der Waals surface area (Å²) in [4.78, 5) is 30.4. The van der Waals surface area contributed by atoms with Crippen LogP contribution in [0.3, 0.4) is 0 Å². The summed E-state index contributed by atoms with van der Waals surface area (Å²) in [5.74, 6) is -1.13. The Morgan fingerprint density at radius 1 is 1.22 bits per heavy atom. The summed E-state index contributed by atoms with van der Waals surface area (Å²) in [5, 5.41) is 17.3. The van der Waals surface area contributed by atoms with Crippen LogP contribution in [-0.2, 0) is 13.5 Å². The number of carboxylic acids is 1. The van der Waals surface area contributed by atoms with E-state index in [0.717, 1.165) is 24.2 Å². The Balaban J connectivity index is 1.70. The van der Waals surface area contributed by atoms with Gasteiger partial charge < -0.3 is 15.3 Å². The average Bonchev–Trinajstić information content (AvgIpc) is 2.99. The third kappa shape index (κ3) is 5.26. The first-order valence-electron chi connectivity index (χ1n) is 10.2. The van der Waals surface area contributed by atoms with E-state index in [1.165, 1.54) is 17.8 Å². The first kappa shape index (κ1) is 23.3. The van der Waals surface area contributed by atoms with Gasteiger partial charge in [0.1, 0.15) is 11.4 Å². The molecule has 0 aliphatic carbocycles. The number of pyridine rings is 1. The van der Waals surface area contributed by atoms with Crippen LogP contribution in [0.4, 0.5) is 11.5 Å². The normalized spacial score (nSPS) is 10.8. The number of benzene rings is 1. The third-order valence-corrected chi connectivity index (χ3v) is 5.65. The van der Waals surface area contributed by atoms with Crippen LogP contribution in [0.1, 0.15) is 44.1 Å². The number of aryl methyl sites for hydroxylation is 2. The molecule has 2 aromatic heterocycles. The zero-order valence-corrected chi connectivity index (χ0v) is 19.3. The van der Waals surface area contributed by atoms with Crippen molar-refractivity contribution in [2.24, 2.45) is 7.05 Å². The lowest BCUT2D eigenvalue weighted by molar-refractivity contribution is 0.0696. The number of rotatable bonds is 8. The Labute approximate surface area is 191 Å². The molecule has 3 aromatic rings. The van der Waals surface area contributed by atoms with Gasteiger partial charge in [0.2, 0.25) is 0 Å². The molecular weight excluding hydrogens is 430 g/mol. The maximum atomic E-state index is 12.4. The number of hydrogen-bond donors (Lipinski definition) is 2. The molecule has 0 aliphatic rings. The van der Waals surface area contributed by atoms with Crippen LogP contribution in [0.25, 0.3) is 0 Å². The number of nitrogens with one attached hydrogen (secondary N) is 1. The Bertz CT molecular complexity index is 1140. The molecular formula is C23H26ClN5O3. The minimum absolute atomic E-state index is 0.0233. The van der Waals surface area contributed by atoms with Crippen molar-refractivity contribution in [3.63, 3.8) is 0 Å². The monoisotopic (exact) mass is 455 g/mol. The Kier molecular flexibility index (Phi) is 7.15. The quantitative estimate of drug-likeness (QED) is 0.530. The van der Waals surface area contributed by atoms with Gasteiger partial charge in [-0.25, -0.2) is 9.78 Å². The highest BCUT2D eigenvalue weighted by molar-refractivity contribution is 6.30. The lowest BCUT2D eigenvalue weighted by Crippen LogP contribution is -2.23. The number of halogens is 1. The Hall–Kier alpha value is -3.39. The Morgan fingerprint density at radius 3 is 2.50 bits per heavy atom. The fourth-order valence-electron chi connectivity index (χ4n) is 3.57. The first-order valence-corrected chi connectivity index (χ1v) is 10.6. The molecule has 0 saturated heterocycles. The van der Waals surface area contributed by atoms with Gasteiger partial charge in [0.15, 0.2) is 0 Å². The molecule has 0 atom stereocenters. The van der Waals surface area contributed by atoms with Crippen LogP contribution in [0.15, 0.2) is 36.5 Å². The van der Waals surface area contributed by atoms with Crippen LogP contribution in [0.2, 0.25) is 5.02 Å². The highest BCUT2D eigenvalue weighted by Crippen LogP contribution is 2.22. The van der Waals surface area contributed by atoms with Crippen LogP contribution in [0, 0.1) is 13.8 Å². The Morgan fingerprint density at radius 2 is 1.91 bits per heavy atom. The molecule has 0 fully saturated rings. The summed E-state index contributed by atoms with van der Waals surface area (Å²) in [6.07, 6.45) is 3.12. The molecule has 32 heavy (non-hydrogen) atoms. The van der Waals surface area contributed by atoms with Crippen molar-refractivity contribution in [3.8, 4) is 0 Å². The molecule has 0 bridgehead atoms. The maximum Gasteiger partial charge on any atom is 0.339 e. The SMILES string of the molecule is Cc1nn(C)c(C)c1CCCN(C)c1ncc(NC(=O)c2ccc(Cl)cc2)cc1C(=O)O. The van der Waals surface area contributed by atoms with Crippen molar-refractivity contribution in [1.29, 1.82) is 0 Å². The number of carboxylic acid groups (broad SMARTS) is 1. The van der Waals surface area contributed by atoms with E-state index < -0.39 is 5.97 Å². The first-order chi connectivity index (χ1) is 15.2. The van der Waals surface area contributed by atoms with E-state index in [-0.39, 0.29) is 11.5 Å². The number of carbonyl (C=O) groups excluding carboxylic acids is 1. The summed E-state index contributed by atoms with van der Waals surface area (Å²) in [7, 11) is 3.73. The lowest BCUT2D eigenvalue weighted by Gasteiger charge is -2.20. The van der Waals surface area contributed by atoms with Crippen molar-refractivity contribution in [1.82, 2.24) is 14.8 Å². The number of anilines is 2. The predicted molar refractivity (Wildman–Crippen MR) is 125 cm³/mol. The number of hydrogen-bond acceptors (Lipinski definition) is 5. The van der Waals surface area contributed by atoms with Crippen molar-refractivity contribution < 1.29 is 14.7 Å². The van der Waals surface area contributed by atoms with Gasteiger partial charge in [-0.05, 0) is 62.6 Å². The molecule has 1 amide bonds. The zero-order valence-electron chi connectivity index (χ0n) is 18.5. The molecule has 1 aromatic carbocycles. The van der Waals surface area contributed by atoms with Gasteiger partial charge in [-0.1, -0.05) is 11.6 Å². The second-order valence-electron chi connectivity index (χ2n) is 7.66. The number of nitrogens with zero attached hydrogens (tertiary/aromatic N) is 4. The second-order valence-corrected chi connectivity index (χ2v) is 8.10. The minimum atomic E-state index is -1.11. The topological polar surface area (TPSA) is 100 Å². The van der Waals surface area contributed by atoms with Crippen LogP contribution in [0.5, 0.6) is 0 Å². The summed E-state index contributed by atoms with van der Waals surface area (Å²) in [6, 6.07) is 7.84. The second kappa shape index (κ2) is 9.82. The molecule has 168 valence electrons. The fraction of sp³-hybridized carbons (Fsp3) is 0.304. The van der Waals surface area contributed by atoms with Gasteiger partial charge >= 0.3 is 5.97 Å². The minimum Gasteiger partial charge on any atom is -0.478 e. The molecule has 0 saturated carbocycles. The fourth-order valence-corrected chi connectivity index (χ4v) is 3.70. The van der Waals surface area contributed by atoms with E-state index in [1.54, 1.807) is 24.3 Å². The van der Waals surface area contributed by atoms with E-state index >= 15 is 0 Å². The highest BCUT2D eigenvalue weighted by Gasteiger charge is 2.18. The van der Waals surface area contributed by atoms with Crippen molar-refractivity contribution in [3.05, 3.63) is 69.6 Å². The largest absolute Gasteiger partial charge is 0.478 e. The van der Waals surface area contributed by atoms with Gasteiger partial charge in [0, 0.05) is 36.9 Å². The summed E-state index contributed by atoms with van der Waals surface area (Å²) in [5.41, 5.74) is 4.10. The van der Waals surface area contributed by atoms with Crippen LogP contribution >= 0.6 is 11.6 Å². The van der Waals surface area contributed by atoms with Crippen molar-refractivity contribution in [2.45, 2.75) is 26.7 Å². The highest BCUT2D eigenvalue weighted by atomic mass is 35.5. The average molecular weight is 456 g/mol. The van der Waals surface area contributed by atoms with Crippen LogP contribution < -0.4 is 10.2 Å². The van der Waals surface area contributed by atoms with E-state index in [0.29, 0.717) is 28.6 Å². The standard InChI is InChI=1S/C23H26ClN5O3/c1-14-19(15(2)29(4)27-14)6-5-11-28(3)21-20(23(31)32)12-18(13-25-21)26-22(30)16-7-9-17(24)10-8-16/h7-10,12-13H,5-6,11H2,1-4H3,(H,26,30)(H,31,32). The van der Waals surface area contributed by atoms with E-state index in [4.69, 9.17) is 11.6 Å². The summed E-state index contributed by atoms with van der Waals surface area (Å²) < 4.78 is 1.87. The number of amides is 1. The third-order valence-electron chi connectivity index (χ3n) is 5.40. The van der Waals surface area contributed by atoms with E-state index in [2.05, 4.69) is 15.4 Å². The van der Waals surface area contributed by atoms with Gasteiger partial charge in [-0.15, -0.1) is 0 Å². The van der Waals surface area contributed by atoms with Gasteiger partial charge in [0.25, 0.3) is 5.91 Å². The van der Waals surface area contributed by atoms with Gasteiger partial charge in [-0.3, -0.25) is 9.48 Å². The summed E-state index contributed by atoms with van der Waals surface area (Å²) >= 11 is 5.85. The molecule has 3 rings (SSSR count). The smallest absolute Gasteiger partial charge is 0.339 e. The van der Waals surface area contributed by atoms with Crippen LogP contribution in [-0.4, -0.2) is 45.3 Å². The molecule has 0 unspecified atom stereocenters. The number of aromatic nitrogens is 3. The molecule has 0 radical (unpaired) electrons. The molecule has 2 heterocycles. The zero-order chi connectivity index (χ0) is 23.4. The number of carbonyl (C=O) groups is 2. The van der Waals surface area contributed by atoms with E-state index in [1.807, 2.05) is 37.5 Å². The summed E-state index contributed by atoms with van der Waals surface area (Å²) in [6.45, 7) is 4.66. The van der Waals surface area contributed by atoms with Gasteiger partial charge in [-0.2, -0.15) is 5.10 Å². The molecule has 8 nitrogen and oxygen atoms in total.